The number of nitrogens with one attached hydrogen (secondary N) is 1. The molecule has 0 amide bonds. The molecule has 0 bridgehead atoms. The highest BCUT2D eigenvalue weighted by Gasteiger charge is 2.36. The Morgan fingerprint density at radius 2 is 1.94 bits per heavy atom. The quantitative estimate of drug-likeness (QED) is 0.824. The zero-order valence-corrected chi connectivity index (χ0v) is 11.6. The molecule has 1 aromatic rings. The van der Waals surface area contributed by atoms with Crippen molar-refractivity contribution in [2.24, 2.45) is 5.92 Å². The molecule has 2 rings (SSSR count). The predicted octanol–water partition coefficient (Wildman–Crippen LogP) is 4.35. The second-order valence-corrected chi connectivity index (χ2v) is 5.75. The summed E-state index contributed by atoms with van der Waals surface area (Å²) in [5, 5.41) is 4.67. The molecular weight excluding hydrogens is 230 g/mol. The Bertz CT molecular complexity index is 365. The molecule has 94 valence electrons. The van der Waals surface area contributed by atoms with E-state index in [-0.39, 0.29) is 5.54 Å². The van der Waals surface area contributed by atoms with Crippen LogP contribution in [0.25, 0.3) is 0 Å². The lowest BCUT2D eigenvalue weighted by molar-refractivity contribution is 0.231. The maximum Gasteiger partial charge on any atom is 0.0472 e. The Balaban J connectivity index is 2.43. The SMILES string of the molecule is CC(C)C1(c2ccccc2Cl)CCCCCN1. The van der Waals surface area contributed by atoms with Gasteiger partial charge in [0.15, 0.2) is 0 Å². The normalized spacial score (nSPS) is 25.9. The van der Waals surface area contributed by atoms with Crippen molar-refractivity contribution in [1.82, 2.24) is 5.32 Å². The van der Waals surface area contributed by atoms with Gasteiger partial charge in [-0.25, -0.2) is 0 Å². The maximum absolute atomic E-state index is 6.40. The van der Waals surface area contributed by atoms with Gasteiger partial charge in [-0.3, -0.25) is 0 Å². The van der Waals surface area contributed by atoms with Crippen LogP contribution in [0.5, 0.6) is 0 Å². The minimum atomic E-state index is 0.0643. The molecule has 1 unspecified atom stereocenters. The Morgan fingerprint density at radius 3 is 2.65 bits per heavy atom. The van der Waals surface area contributed by atoms with Crippen LogP contribution in [0.4, 0.5) is 0 Å². The van der Waals surface area contributed by atoms with Crippen molar-refractivity contribution in [3.8, 4) is 0 Å². The van der Waals surface area contributed by atoms with Crippen molar-refractivity contribution in [1.29, 1.82) is 0 Å². The smallest absolute Gasteiger partial charge is 0.0472 e. The van der Waals surface area contributed by atoms with Gasteiger partial charge in [-0.15, -0.1) is 0 Å². The Hall–Kier alpha value is -0.530. The fourth-order valence-corrected chi connectivity index (χ4v) is 3.27. The number of hydrogen-bond donors (Lipinski definition) is 1. The number of rotatable bonds is 2. The first-order chi connectivity index (χ1) is 8.17. The lowest BCUT2D eigenvalue weighted by Crippen LogP contribution is -2.46. The van der Waals surface area contributed by atoms with Crippen LogP contribution in [-0.2, 0) is 5.54 Å². The molecule has 2 heteroatoms. The molecular formula is C15H22ClN. The summed E-state index contributed by atoms with van der Waals surface area (Å²) in [7, 11) is 0. The molecule has 0 aromatic heterocycles. The molecule has 1 aromatic carbocycles. The van der Waals surface area contributed by atoms with E-state index >= 15 is 0 Å². The summed E-state index contributed by atoms with van der Waals surface area (Å²) < 4.78 is 0. The van der Waals surface area contributed by atoms with Crippen molar-refractivity contribution in [2.75, 3.05) is 6.54 Å². The van der Waals surface area contributed by atoms with Gasteiger partial charge in [0.2, 0.25) is 0 Å². The van der Waals surface area contributed by atoms with E-state index in [4.69, 9.17) is 11.6 Å². The lowest BCUT2D eigenvalue weighted by Gasteiger charge is -2.39. The predicted molar refractivity (Wildman–Crippen MR) is 74.4 cm³/mol. The molecule has 0 saturated carbocycles. The third kappa shape index (κ3) is 2.51. The Kier molecular flexibility index (Phi) is 4.11. The van der Waals surface area contributed by atoms with E-state index in [9.17, 15) is 0 Å². The zero-order chi connectivity index (χ0) is 12.3. The van der Waals surface area contributed by atoms with E-state index in [1.807, 2.05) is 12.1 Å². The Morgan fingerprint density at radius 1 is 1.18 bits per heavy atom. The minimum Gasteiger partial charge on any atom is -0.307 e. The van der Waals surface area contributed by atoms with Gasteiger partial charge in [-0.2, -0.15) is 0 Å². The fraction of sp³-hybridized carbons (Fsp3) is 0.600. The van der Waals surface area contributed by atoms with E-state index in [2.05, 4.69) is 31.3 Å². The first-order valence-electron chi connectivity index (χ1n) is 6.67. The van der Waals surface area contributed by atoms with E-state index in [0.29, 0.717) is 5.92 Å². The monoisotopic (exact) mass is 251 g/mol. The maximum atomic E-state index is 6.40. The first-order valence-corrected chi connectivity index (χ1v) is 7.04. The van der Waals surface area contributed by atoms with Gasteiger partial charge in [0, 0.05) is 10.6 Å². The molecule has 1 nitrogen and oxygen atoms in total. The van der Waals surface area contributed by atoms with Crippen LogP contribution in [0.3, 0.4) is 0 Å². The molecule has 1 aliphatic rings. The summed E-state index contributed by atoms with van der Waals surface area (Å²) in [6, 6.07) is 8.29. The van der Waals surface area contributed by atoms with Gasteiger partial charge in [0.05, 0.1) is 0 Å². The van der Waals surface area contributed by atoms with Crippen molar-refractivity contribution in [2.45, 2.75) is 45.1 Å². The van der Waals surface area contributed by atoms with Crippen molar-refractivity contribution < 1.29 is 0 Å². The number of hydrogen-bond acceptors (Lipinski definition) is 1. The standard InChI is InChI=1S/C15H22ClN/c1-12(2)15(10-6-3-7-11-17-15)13-8-4-5-9-14(13)16/h4-5,8-9,12,17H,3,6-7,10-11H2,1-2H3. The molecule has 1 aliphatic heterocycles. The van der Waals surface area contributed by atoms with Crippen molar-refractivity contribution in [3.05, 3.63) is 34.9 Å². The first kappa shape index (κ1) is 12.9. The molecule has 0 aliphatic carbocycles. The number of halogens is 1. The van der Waals surface area contributed by atoms with Gasteiger partial charge in [0.25, 0.3) is 0 Å². The van der Waals surface area contributed by atoms with Gasteiger partial charge in [-0.05, 0) is 36.9 Å². The molecule has 1 heterocycles. The van der Waals surface area contributed by atoms with Crippen LogP contribution in [0.2, 0.25) is 5.02 Å². The Labute approximate surface area is 110 Å². The molecule has 17 heavy (non-hydrogen) atoms. The molecule has 1 fully saturated rings. The summed E-state index contributed by atoms with van der Waals surface area (Å²) in [6.07, 6.45) is 5.08. The molecule has 0 radical (unpaired) electrons. The van der Waals surface area contributed by atoms with E-state index in [0.717, 1.165) is 11.6 Å². The summed E-state index contributed by atoms with van der Waals surface area (Å²) in [5.41, 5.74) is 1.34. The topological polar surface area (TPSA) is 12.0 Å². The summed E-state index contributed by atoms with van der Waals surface area (Å²) in [4.78, 5) is 0. The van der Waals surface area contributed by atoms with Gasteiger partial charge < -0.3 is 5.32 Å². The van der Waals surface area contributed by atoms with Crippen molar-refractivity contribution >= 4 is 11.6 Å². The van der Waals surface area contributed by atoms with Crippen LogP contribution >= 0.6 is 11.6 Å². The minimum absolute atomic E-state index is 0.0643. The lowest BCUT2D eigenvalue weighted by atomic mass is 9.76. The molecule has 1 saturated heterocycles. The third-order valence-corrected chi connectivity index (χ3v) is 4.36. The third-order valence-electron chi connectivity index (χ3n) is 4.03. The van der Waals surface area contributed by atoms with E-state index in [1.54, 1.807) is 0 Å². The van der Waals surface area contributed by atoms with E-state index < -0.39 is 0 Å². The fourth-order valence-electron chi connectivity index (χ4n) is 2.96. The summed E-state index contributed by atoms with van der Waals surface area (Å²) >= 11 is 6.40. The van der Waals surface area contributed by atoms with Gasteiger partial charge >= 0.3 is 0 Å². The average Bonchev–Trinajstić information content (AvgIpc) is 2.56. The highest BCUT2D eigenvalue weighted by Crippen LogP contribution is 2.39. The highest BCUT2D eigenvalue weighted by atomic mass is 35.5. The van der Waals surface area contributed by atoms with Crippen LogP contribution in [0, 0.1) is 5.92 Å². The number of benzene rings is 1. The summed E-state index contributed by atoms with van der Waals surface area (Å²) in [5.74, 6) is 0.556. The highest BCUT2D eigenvalue weighted by molar-refractivity contribution is 6.31. The molecule has 1 atom stereocenters. The van der Waals surface area contributed by atoms with Crippen LogP contribution in [0.1, 0.15) is 45.1 Å². The summed E-state index contributed by atoms with van der Waals surface area (Å²) in [6.45, 7) is 5.69. The van der Waals surface area contributed by atoms with Gasteiger partial charge in [-0.1, -0.05) is 56.5 Å². The second-order valence-electron chi connectivity index (χ2n) is 5.34. The van der Waals surface area contributed by atoms with Crippen LogP contribution in [-0.4, -0.2) is 6.54 Å². The molecule has 0 spiro atoms. The zero-order valence-electron chi connectivity index (χ0n) is 10.8. The largest absolute Gasteiger partial charge is 0.307 e. The van der Waals surface area contributed by atoms with Crippen LogP contribution in [0.15, 0.2) is 24.3 Å². The van der Waals surface area contributed by atoms with Crippen molar-refractivity contribution in [3.63, 3.8) is 0 Å². The average molecular weight is 252 g/mol. The second kappa shape index (κ2) is 5.41. The molecule has 1 N–H and O–H groups in total. The van der Waals surface area contributed by atoms with Gasteiger partial charge in [0.1, 0.15) is 0 Å². The van der Waals surface area contributed by atoms with E-state index in [1.165, 1.54) is 31.2 Å². The van der Waals surface area contributed by atoms with Crippen LogP contribution < -0.4 is 5.32 Å².